The van der Waals surface area contributed by atoms with E-state index in [0.717, 1.165) is 17.8 Å². The van der Waals surface area contributed by atoms with E-state index in [9.17, 15) is 0 Å². The fraction of sp³-hybridized carbons (Fsp3) is 0.300. The predicted molar refractivity (Wildman–Crippen MR) is 61.4 cm³/mol. The summed E-state index contributed by atoms with van der Waals surface area (Å²) in [5, 5.41) is 3.06. The Labute approximate surface area is 80.3 Å². The standard InChI is InChI=1S/C10H15NOP/c1-11-9-4-6-10(7-5-9)12-8-13(2)3/h4-7,11H,2,8H2,1,3H3/q+1. The highest BCUT2D eigenvalue weighted by Gasteiger charge is 1.98. The Morgan fingerprint density at radius 2 is 2.00 bits per heavy atom. The molecule has 1 atom stereocenters. The Morgan fingerprint density at radius 3 is 2.46 bits per heavy atom. The van der Waals surface area contributed by atoms with Crippen LogP contribution in [0.1, 0.15) is 0 Å². The van der Waals surface area contributed by atoms with Crippen LogP contribution in [0.2, 0.25) is 0 Å². The Hall–Kier alpha value is -1.01. The normalized spacial score (nSPS) is 10.8. The molecule has 13 heavy (non-hydrogen) atoms. The Morgan fingerprint density at radius 1 is 1.38 bits per heavy atom. The smallest absolute Gasteiger partial charge is 0.242 e. The predicted octanol–water partition coefficient (Wildman–Crippen LogP) is 2.61. The van der Waals surface area contributed by atoms with Gasteiger partial charge in [0.1, 0.15) is 13.3 Å². The molecule has 70 valence electrons. The number of anilines is 1. The number of rotatable bonds is 4. The first-order valence-corrected chi connectivity index (χ1v) is 6.30. The average molecular weight is 196 g/mol. The van der Waals surface area contributed by atoms with E-state index < -0.39 is 0 Å². The molecular formula is C10H15NOP+. The molecule has 1 N–H and O–H groups in total. The number of benzene rings is 1. The van der Waals surface area contributed by atoms with Crippen LogP contribution >= 0.6 is 7.55 Å². The fourth-order valence-corrected chi connectivity index (χ4v) is 1.27. The van der Waals surface area contributed by atoms with Crippen molar-refractivity contribution in [2.75, 3.05) is 25.4 Å². The summed E-state index contributed by atoms with van der Waals surface area (Å²) < 4.78 is 5.51. The zero-order chi connectivity index (χ0) is 9.68. The maximum absolute atomic E-state index is 5.51. The second-order valence-corrected chi connectivity index (χ2v) is 4.87. The summed E-state index contributed by atoms with van der Waals surface area (Å²) in [6, 6.07) is 7.92. The maximum Gasteiger partial charge on any atom is 0.242 e. The molecule has 0 amide bonds. The van der Waals surface area contributed by atoms with Crippen molar-refractivity contribution in [1.82, 2.24) is 0 Å². The molecule has 2 nitrogen and oxygen atoms in total. The highest BCUT2D eigenvalue weighted by molar-refractivity contribution is 7.54. The van der Waals surface area contributed by atoms with Crippen molar-refractivity contribution in [2.24, 2.45) is 0 Å². The van der Waals surface area contributed by atoms with Crippen LogP contribution in [0.4, 0.5) is 5.69 Å². The highest BCUT2D eigenvalue weighted by atomic mass is 31.1. The van der Waals surface area contributed by atoms with Gasteiger partial charge in [0.05, 0.1) is 13.0 Å². The second-order valence-electron chi connectivity index (χ2n) is 2.90. The van der Waals surface area contributed by atoms with Gasteiger partial charge < -0.3 is 10.1 Å². The average Bonchev–Trinajstić information content (AvgIpc) is 2.15. The van der Waals surface area contributed by atoms with Crippen LogP contribution < -0.4 is 10.1 Å². The third-order valence-electron chi connectivity index (χ3n) is 1.59. The van der Waals surface area contributed by atoms with Crippen LogP contribution in [0.5, 0.6) is 5.75 Å². The monoisotopic (exact) mass is 196 g/mol. The lowest BCUT2D eigenvalue weighted by molar-refractivity contribution is 0.390. The largest absolute Gasteiger partial charge is 0.453 e. The van der Waals surface area contributed by atoms with E-state index >= 15 is 0 Å². The van der Waals surface area contributed by atoms with Crippen LogP contribution in [0.3, 0.4) is 0 Å². The fourth-order valence-electron chi connectivity index (χ4n) is 0.903. The molecule has 0 radical (unpaired) electrons. The van der Waals surface area contributed by atoms with Crippen molar-refractivity contribution in [2.45, 2.75) is 0 Å². The van der Waals surface area contributed by atoms with Gasteiger partial charge in [-0.25, -0.2) is 0 Å². The van der Waals surface area contributed by atoms with Gasteiger partial charge in [-0.15, -0.1) is 0 Å². The van der Waals surface area contributed by atoms with E-state index in [4.69, 9.17) is 4.74 Å². The molecule has 0 aromatic heterocycles. The minimum Gasteiger partial charge on any atom is -0.453 e. The minimum atomic E-state index is -0.223. The van der Waals surface area contributed by atoms with E-state index in [1.165, 1.54) is 0 Å². The maximum atomic E-state index is 5.51. The summed E-state index contributed by atoms with van der Waals surface area (Å²) in [6.45, 7) is 2.09. The van der Waals surface area contributed by atoms with Gasteiger partial charge in [0, 0.05) is 12.7 Å². The quantitative estimate of drug-likeness (QED) is 0.747. The molecule has 0 aliphatic heterocycles. The van der Waals surface area contributed by atoms with Crippen molar-refractivity contribution >= 4 is 19.5 Å². The molecule has 0 fully saturated rings. The van der Waals surface area contributed by atoms with Crippen molar-refractivity contribution in [3.63, 3.8) is 0 Å². The van der Waals surface area contributed by atoms with Crippen molar-refractivity contribution in [3.05, 3.63) is 24.3 Å². The molecule has 0 heterocycles. The lowest BCUT2D eigenvalue weighted by Crippen LogP contribution is -1.92. The van der Waals surface area contributed by atoms with Gasteiger partial charge in [0.15, 0.2) is 0 Å². The van der Waals surface area contributed by atoms with E-state index in [1.807, 2.05) is 31.3 Å². The number of hydrogen-bond donors (Lipinski definition) is 1. The molecule has 1 rings (SSSR count). The van der Waals surface area contributed by atoms with Gasteiger partial charge in [0.2, 0.25) is 6.35 Å². The molecule has 0 saturated carbocycles. The summed E-state index contributed by atoms with van der Waals surface area (Å²) in [7, 11) is 1.68. The molecule has 0 saturated heterocycles. The first-order valence-electron chi connectivity index (χ1n) is 4.14. The molecule has 1 unspecified atom stereocenters. The Balaban J connectivity index is 2.54. The number of ether oxygens (including phenoxy) is 1. The molecular weight excluding hydrogens is 181 g/mol. The van der Waals surface area contributed by atoms with Gasteiger partial charge >= 0.3 is 0 Å². The molecule has 0 aliphatic rings. The van der Waals surface area contributed by atoms with Gasteiger partial charge in [0.25, 0.3) is 0 Å². The van der Waals surface area contributed by atoms with E-state index in [-0.39, 0.29) is 7.55 Å². The van der Waals surface area contributed by atoms with Gasteiger partial charge in [-0.2, -0.15) is 0 Å². The lowest BCUT2D eigenvalue weighted by Gasteiger charge is -2.02. The first kappa shape index (κ1) is 10.1. The zero-order valence-electron chi connectivity index (χ0n) is 8.08. The third-order valence-corrected chi connectivity index (χ3v) is 2.16. The second kappa shape index (κ2) is 4.88. The van der Waals surface area contributed by atoms with Crippen LogP contribution in [0, 0.1) is 0 Å². The van der Waals surface area contributed by atoms with E-state index in [0.29, 0.717) is 0 Å². The molecule has 0 bridgehead atoms. The topological polar surface area (TPSA) is 21.3 Å². The van der Waals surface area contributed by atoms with Gasteiger partial charge in [-0.05, 0) is 24.3 Å². The van der Waals surface area contributed by atoms with Gasteiger partial charge in [-0.1, -0.05) is 0 Å². The Kier molecular flexibility index (Phi) is 3.78. The molecule has 3 heteroatoms. The SMILES string of the molecule is C=[P+](C)COc1ccc(NC)cc1. The summed E-state index contributed by atoms with van der Waals surface area (Å²) in [6.07, 6.45) is 4.65. The van der Waals surface area contributed by atoms with Crippen LogP contribution in [-0.4, -0.2) is 26.4 Å². The summed E-state index contributed by atoms with van der Waals surface area (Å²) in [4.78, 5) is 0. The Bertz CT molecular complexity index is 281. The minimum absolute atomic E-state index is 0.223. The number of hydrogen-bond acceptors (Lipinski definition) is 2. The number of nitrogens with one attached hydrogen (secondary N) is 1. The summed E-state index contributed by atoms with van der Waals surface area (Å²) >= 11 is 0. The van der Waals surface area contributed by atoms with E-state index in [2.05, 4.69) is 18.3 Å². The third kappa shape index (κ3) is 3.47. The van der Waals surface area contributed by atoms with Crippen molar-refractivity contribution < 1.29 is 4.74 Å². The highest BCUT2D eigenvalue weighted by Crippen LogP contribution is 2.19. The molecule has 1 aromatic carbocycles. The van der Waals surface area contributed by atoms with Crippen LogP contribution in [0.15, 0.2) is 24.3 Å². The van der Waals surface area contributed by atoms with Crippen LogP contribution in [0.25, 0.3) is 0 Å². The first-order chi connectivity index (χ1) is 6.22. The molecule has 0 spiro atoms. The summed E-state index contributed by atoms with van der Waals surface area (Å²) in [5.74, 6) is 0.914. The van der Waals surface area contributed by atoms with Crippen molar-refractivity contribution in [3.8, 4) is 5.75 Å². The zero-order valence-corrected chi connectivity index (χ0v) is 8.97. The molecule has 1 aromatic rings. The van der Waals surface area contributed by atoms with Crippen molar-refractivity contribution in [1.29, 1.82) is 0 Å². The molecule has 0 aliphatic carbocycles. The van der Waals surface area contributed by atoms with Crippen LogP contribution in [-0.2, 0) is 0 Å². The van der Waals surface area contributed by atoms with E-state index in [1.54, 1.807) is 0 Å². The van der Waals surface area contributed by atoms with Gasteiger partial charge in [-0.3, -0.25) is 0 Å². The summed E-state index contributed by atoms with van der Waals surface area (Å²) in [5.41, 5.74) is 1.10. The lowest BCUT2D eigenvalue weighted by atomic mass is 10.3.